The standard InChI is InChI=1S/C14H14N2O4S/c17-14(18)13-7-10(8-15-13)21(19,20)16-12-6-5-9-3-1-2-4-11(9)12/h1-4,7-8,12,15-16H,5-6H2,(H,17,18). The van der Waals surface area contributed by atoms with Crippen LogP contribution in [0.2, 0.25) is 0 Å². The molecule has 1 heterocycles. The average molecular weight is 306 g/mol. The second-order valence-corrected chi connectivity index (χ2v) is 6.68. The van der Waals surface area contributed by atoms with Gasteiger partial charge in [-0.25, -0.2) is 17.9 Å². The summed E-state index contributed by atoms with van der Waals surface area (Å²) in [5.74, 6) is -1.19. The van der Waals surface area contributed by atoms with Gasteiger partial charge in [0, 0.05) is 12.2 Å². The number of aromatic nitrogens is 1. The van der Waals surface area contributed by atoms with E-state index in [1.165, 1.54) is 6.20 Å². The van der Waals surface area contributed by atoms with Crippen LogP contribution >= 0.6 is 0 Å². The Kier molecular flexibility index (Phi) is 3.30. The molecule has 0 bridgehead atoms. The Morgan fingerprint density at radius 2 is 2.10 bits per heavy atom. The predicted octanol–water partition coefficient (Wildman–Crippen LogP) is 1.68. The van der Waals surface area contributed by atoms with Crippen LogP contribution in [0.5, 0.6) is 0 Å². The minimum atomic E-state index is -3.74. The van der Waals surface area contributed by atoms with Crippen LogP contribution in [0.4, 0.5) is 0 Å². The van der Waals surface area contributed by atoms with E-state index in [9.17, 15) is 13.2 Å². The van der Waals surface area contributed by atoms with Crippen LogP contribution in [-0.4, -0.2) is 24.5 Å². The highest BCUT2D eigenvalue weighted by Gasteiger charge is 2.28. The molecule has 3 N–H and O–H groups in total. The molecule has 1 atom stereocenters. The first-order chi connectivity index (χ1) is 9.97. The number of benzene rings is 1. The topological polar surface area (TPSA) is 99.3 Å². The molecule has 21 heavy (non-hydrogen) atoms. The van der Waals surface area contributed by atoms with E-state index < -0.39 is 16.0 Å². The zero-order valence-electron chi connectivity index (χ0n) is 11.0. The largest absolute Gasteiger partial charge is 0.477 e. The van der Waals surface area contributed by atoms with Gasteiger partial charge in [-0.05, 0) is 30.0 Å². The van der Waals surface area contributed by atoms with E-state index in [0.717, 1.165) is 23.6 Å². The molecule has 0 saturated carbocycles. The third-order valence-corrected chi connectivity index (χ3v) is 5.08. The van der Waals surface area contributed by atoms with Crippen molar-refractivity contribution in [1.29, 1.82) is 0 Å². The molecule has 0 aliphatic heterocycles. The SMILES string of the molecule is O=C(O)c1cc(S(=O)(=O)NC2CCc3ccccc32)c[nH]1. The fourth-order valence-electron chi connectivity index (χ4n) is 2.59. The zero-order chi connectivity index (χ0) is 15.0. The lowest BCUT2D eigenvalue weighted by molar-refractivity contribution is 0.0691. The van der Waals surface area contributed by atoms with Gasteiger partial charge in [-0.1, -0.05) is 24.3 Å². The van der Waals surface area contributed by atoms with Gasteiger partial charge in [0.05, 0.1) is 0 Å². The summed E-state index contributed by atoms with van der Waals surface area (Å²) >= 11 is 0. The fourth-order valence-corrected chi connectivity index (χ4v) is 3.83. The van der Waals surface area contributed by atoms with Gasteiger partial charge in [0.15, 0.2) is 0 Å². The van der Waals surface area contributed by atoms with E-state index in [1.54, 1.807) is 0 Å². The van der Waals surface area contributed by atoms with Gasteiger partial charge >= 0.3 is 5.97 Å². The van der Waals surface area contributed by atoms with Gasteiger partial charge in [-0.3, -0.25) is 0 Å². The summed E-state index contributed by atoms with van der Waals surface area (Å²) in [6, 6.07) is 8.56. The molecule has 0 amide bonds. The van der Waals surface area contributed by atoms with Gasteiger partial charge in [0.1, 0.15) is 10.6 Å². The van der Waals surface area contributed by atoms with Crippen molar-refractivity contribution >= 4 is 16.0 Å². The van der Waals surface area contributed by atoms with E-state index in [1.807, 2.05) is 24.3 Å². The molecular weight excluding hydrogens is 292 g/mol. The Bertz CT molecular complexity index is 795. The number of hydrogen-bond acceptors (Lipinski definition) is 3. The summed E-state index contributed by atoms with van der Waals surface area (Å²) < 4.78 is 27.3. The molecule has 1 aromatic carbocycles. The molecule has 0 spiro atoms. The summed E-state index contributed by atoms with van der Waals surface area (Å²) in [6.07, 6.45) is 2.72. The van der Waals surface area contributed by atoms with Gasteiger partial charge < -0.3 is 10.1 Å². The summed E-state index contributed by atoms with van der Waals surface area (Å²) in [6.45, 7) is 0. The first-order valence-corrected chi connectivity index (χ1v) is 7.97. The number of aryl methyl sites for hydroxylation is 1. The lowest BCUT2D eigenvalue weighted by Crippen LogP contribution is -2.27. The molecule has 1 unspecified atom stereocenters. The summed E-state index contributed by atoms with van der Waals surface area (Å²) in [5.41, 5.74) is 1.97. The van der Waals surface area contributed by atoms with E-state index >= 15 is 0 Å². The molecule has 1 aromatic heterocycles. The van der Waals surface area contributed by atoms with Crippen LogP contribution in [0.3, 0.4) is 0 Å². The van der Waals surface area contributed by atoms with Crippen LogP contribution in [0.15, 0.2) is 41.4 Å². The van der Waals surface area contributed by atoms with Crippen LogP contribution in [0, 0.1) is 0 Å². The summed E-state index contributed by atoms with van der Waals surface area (Å²) in [7, 11) is -3.74. The van der Waals surface area contributed by atoms with Gasteiger partial charge in [-0.15, -0.1) is 0 Å². The summed E-state index contributed by atoms with van der Waals surface area (Å²) in [4.78, 5) is 13.2. The Morgan fingerprint density at radius 1 is 1.33 bits per heavy atom. The summed E-state index contributed by atoms with van der Waals surface area (Å²) in [5, 5.41) is 8.83. The van der Waals surface area contributed by atoms with Crippen molar-refractivity contribution in [3.05, 3.63) is 53.3 Å². The molecule has 2 aromatic rings. The zero-order valence-corrected chi connectivity index (χ0v) is 11.9. The lowest BCUT2D eigenvalue weighted by atomic mass is 10.1. The van der Waals surface area contributed by atoms with Crippen LogP contribution in [-0.2, 0) is 16.4 Å². The van der Waals surface area contributed by atoms with Crippen molar-refractivity contribution in [2.24, 2.45) is 0 Å². The smallest absolute Gasteiger partial charge is 0.352 e. The molecule has 7 heteroatoms. The molecule has 6 nitrogen and oxygen atoms in total. The van der Waals surface area contributed by atoms with E-state index in [2.05, 4.69) is 9.71 Å². The number of H-pyrrole nitrogens is 1. The quantitative estimate of drug-likeness (QED) is 0.800. The van der Waals surface area contributed by atoms with Crippen molar-refractivity contribution in [3.63, 3.8) is 0 Å². The number of aromatic carboxylic acids is 1. The molecule has 0 fully saturated rings. The Balaban J connectivity index is 1.85. The lowest BCUT2D eigenvalue weighted by Gasteiger charge is -2.13. The number of hydrogen-bond donors (Lipinski definition) is 3. The molecule has 110 valence electrons. The highest BCUT2D eigenvalue weighted by Crippen LogP contribution is 2.32. The third-order valence-electron chi connectivity index (χ3n) is 3.63. The first kappa shape index (κ1) is 13.8. The van der Waals surface area contributed by atoms with Gasteiger partial charge in [0.2, 0.25) is 10.0 Å². The Morgan fingerprint density at radius 3 is 2.81 bits per heavy atom. The number of carboxylic acids is 1. The molecular formula is C14H14N2O4S. The minimum Gasteiger partial charge on any atom is -0.477 e. The Hall–Kier alpha value is -2.12. The first-order valence-electron chi connectivity index (χ1n) is 6.49. The van der Waals surface area contributed by atoms with Crippen molar-refractivity contribution in [1.82, 2.24) is 9.71 Å². The number of carbonyl (C=O) groups is 1. The van der Waals surface area contributed by atoms with Crippen LogP contribution in [0.25, 0.3) is 0 Å². The number of nitrogens with one attached hydrogen (secondary N) is 2. The molecule has 0 saturated heterocycles. The van der Waals surface area contributed by atoms with E-state index in [0.29, 0.717) is 6.42 Å². The predicted molar refractivity (Wildman–Crippen MR) is 75.6 cm³/mol. The highest BCUT2D eigenvalue weighted by atomic mass is 32.2. The molecule has 1 aliphatic carbocycles. The number of sulfonamides is 1. The monoisotopic (exact) mass is 306 g/mol. The van der Waals surface area contributed by atoms with Crippen molar-refractivity contribution in [3.8, 4) is 0 Å². The number of fused-ring (bicyclic) bond motifs is 1. The average Bonchev–Trinajstić information content (AvgIpc) is 3.06. The van der Waals surface area contributed by atoms with E-state index in [4.69, 9.17) is 5.11 Å². The highest BCUT2D eigenvalue weighted by molar-refractivity contribution is 7.89. The molecule has 1 aliphatic rings. The number of carboxylic acid groups (broad SMARTS) is 1. The molecule has 0 radical (unpaired) electrons. The number of aromatic amines is 1. The van der Waals surface area contributed by atoms with Crippen molar-refractivity contribution in [2.45, 2.75) is 23.8 Å². The van der Waals surface area contributed by atoms with Gasteiger partial charge in [-0.2, -0.15) is 0 Å². The maximum atomic E-state index is 12.3. The van der Waals surface area contributed by atoms with Crippen LogP contribution < -0.4 is 4.72 Å². The number of rotatable bonds is 4. The third kappa shape index (κ3) is 2.57. The van der Waals surface area contributed by atoms with E-state index in [-0.39, 0.29) is 16.6 Å². The van der Waals surface area contributed by atoms with Gasteiger partial charge in [0.25, 0.3) is 0 Å². The fraction of sp³-hybridized carbons (Fsp3) is 0.214. The molecule has 3 rings (SSSR count). The maximum Gasteiger partial charge on any atom is 0.352 e. The maximum absolute atomic E-state index is 12.3. The second kappa shape index (κ2) is 5.01. The van der Waals surface area contributed by atoms with Crippen molar-refractivity contribution in [2.75, 3.05) is 0 Å². The van der Waals surface area contributed by atoms with Crippen LogP contribution in [0.1, 0.15) is 34.1 Å². The van der Waals surface area contributed by atoms with Crippen molar-refractivity contribution < 1.29 is 18.3 Å². The second-order valence-electron chi connectivity index (χ2n) is 4.97. The Labute approximate surface area is 121 Å². The minimum absolute atomic E-state index is 0.0655. The normalized spacial score (nSPS) is 17.6.